The molecule has 0 radical (unpaired) electrons. The molecular weight excluding hydrogens is 304 g/mol. The van der Waals surface area contributed by atoms with E-state index in [-0.39, 0.29) is 12.5 Å². The van der Waals surface area contributed by atoms with Crippen LogP contribution in [0.1, 0.15) is 0 Å². The third-order valence-electron chi connectivity index (χ3n) is 3.10. The van der Waals surface area contributed by atoms with E-state index in [1.807, 2.05) is 60.7 Å². The Labute approximate surface area is 141 Å². The lowest BCUT2D eigenvalue weighted by atomic mass is 10.3. The monoisotopic (exact) mass is 326 g/mol. The molecule has 0 aliphatic heterocycles. The van der Waals surface area contributed by atoms with E-state index < -0.39 is 0 Å². The van der Waals surface area contributed by atoms with Crippen LogP contribution in [0, 0.1) is 0 Å². The molecule has 3 N–H and O–H groups in total. The van der Waals surface area contributed by atoms with Gasteiger partial charge in [-0.2, -0.15) is 0 Å². The zero-order valence-corrected chi connectivity index (χ0v) is 13.7. The van der Waals surface area contributed by atoms with Gasteiger partial charge in [-0.3, -0.25) is 9.79 Å². The third-order valence-corrected chi connectivity index (χ3v) is 3.10. The minimum Gasteiger partial charge on any atom is -0.492 e. The summed E-state index contributed by atoms with van der Waals surface area (Å²) in [7, 11) is 1.66. The molecule has 2 aromatic carbocycles. The minimum atomic E-state index is -0.135. The van der Waals surface area contributed by atoms with Crippen LogP contribution in [0.25, 0.3) is 0 Å². The lowest BCUT2D eigenvalue weighted by molar-refractivity contribution is -0.115. The molecular formula is C18H22N4O2. The number of nitrogens with one attached hydrogen (secondary N) is 3. The Morgan fingerprint density at radius 3 is 2.33 bits per heavy atom. The first-order chi connectivity index (χ1) is 11.8. The van der Waals surface area contributed by atoms with Gasteiger partial charge in [-0.1, -0.05) is 36.4 Å². The quantitative estimate of drug-likeness (QED) is 0.412. The van der Waals surface area contributed by atoms with Crippen LogP contribution >= 0.6 is 0 Å². The van der Waals surface area contributed by atoms with Gasteiger partial charge in [-0.15, -0.1) is 0 Å². The van der Waals surface area contributed by atoms with Crippen molar-refractivity contribution >= 4 is 17.6 Å². The normalized spacial score (nSPS) is 10.8. The number of hydrogen-bond acceptors (Lipinski definition) is 3. The van der Waals surface area contributed by atoms with Gasteiger partial charge >= 0.3 is 0 Å². The molecule has 0 spiro atoms. The Hall–Kier alpha value is -3.02. The van der Waals surface area contributed by atoms with Gasteiger partial charge in [0.25, 0.3) is 0 Å². The van der Waals surface area contributed by atoms with Crippen LogP contribution in [-0.2, 0) is 4.79 Å². The van der Waals surface area contributed by atoms with Gasteiger partial charge in [-0.25, -0.2) is 0 Å². The number of nitrogens with zero attached hydrogens (tertiary/aromatic N) is 1. The average Bonchev–Trinajstić information content (AvgIpc) is 2.63. The Kier molecular flexibility index (Phi) is 7.14. The highest BCUT2D eigenvalue weighted by molar-refractivity contribution is 5.94. The van der Waals surface area contributed by atoms with E-state index in [2.05, 4.69) is 20.9 Å². The van der Waals surface area contributed by atoms with Gasteiger partial charge < -0.3 is 20.7 Å². The molecule has 0 aromatic heterocycles. The minimum absolute atomic E-state index is 0.133. The van der Waals surface area contributed by atoms with E-state index in [1.165, 1.54) is 0 Å². The fraction of sp³-hybridized carbons (Fsp3) is 0.222. The topological polar surface area (TPSA) is 74.8 Å². The van der Waals surface area contributed by atoms with Gasteiger partial charge in [0.1, 0.15) is 12.4 Å². The van der Waals surface area contributed by atoms with Crippen LogP contribution < -0.4 is 20.7 Å². The summed E-state index contributed by atoms with van der Waals surface area (Å²) >= 11 is 0. The predicted octanol–water partition coefficient (Wildman–Crippen LogP) is 1.87. The molecule has 126 valence electrons. The SMILES string of the molecule is CN=C(NCCOc1ccccc1)NCC(=O)Nc1ccccc1. The van der Waals surface area contributed by atoms with Gasteiger partial charge in [0.2, 0.25) is 5.91 Å². The largest absolute Gasteiger partial charge is 0.492 e. The molecule has 0 aliphatic carbocycles. The molecule has 6 nitrogen and oxygen atoms in total. The predicted molar refractivity (Wildman–Crippen MR) is 96.4 cm³/mol. The summed E-state index contributed by atoms with van der Waals surface area (Å²) in [5.41, 5.74) is 0.767. The highest BCUT2D eigenvalue weighted by atomic mass is 16.5. The number of ether oxygens (including phenoxy) is 1. The number of benzene rings is 2. The molecule has 0 saturated heterocycles. The molecule has 6 heteroatoms. The highest BCUT2D eigenvalue weighted by Gasteiger charge is 2.04. The second-order valence-electron chi connectivity index (χ2n) is 4.93. The summed E-state index contributed by atoms with van der Waals surface area (Å²) in [4.78, 5) is 15.9. The number of amides is 1. The van der Waals surface area contributed by atoms with Gasteiger partial charge in [0, 0.05) is 12.7 Å². The molecule has 0 heterocycles. The molecule has 0 fully saturated rings. The number of rotatable bonds is 7. The maximum absolute atomic E-state index is 11.9. The van der Waals surface area contributed by atoms with Crippen molar-refractivity contribution in [3.63, 3.8) is 0 Å². The number of carbonyl (C=O) groups excluding carboxylic acids is 1. The van der Waals surface area contributed by atoms with Crippen molar-refractivity contribution in [2.45, 2.75) is 0 Å². The van der Waals surface area contributed by atoms with E-state index >= 15 is 0 Å². The van der Waals surface area contributed by atoms with Crippen LogP contribution in [0.4, 0.5) is 5.69 Å². The summed E-state index contributed by atoms with van der Waals surface area (Å²) in [6, 6.07) is 18.9. The lowest BCUT2D eigenvalue weighted by Gasteiger charge is -2.12. The number of hydrogen-bond donors (Lipinski definition) is 3. The molecule has 24 heavy (non-hydrogen) atoms. The van der Waals surface area contributed by atoms with Crippen molar-refractivity contribution < 1.29 is 9.53 Å². The summed E-state index contributed by atoms with van der Waals surface area (Å²) < 4.78 is 5.58. The lowest BCUT2D eigenvalue weighted by Crippen LogP contribution is -2.42. The van der Waals surface area contributed by atoms with Gasteiger partial charge in [0.15, 0.2) is 5.96 Å². The van der Waals surface area contributed by atoms with E-state index in [4.69, 9.17) is 4.74 Å². The molecule has 0 atom stereocenters. The maximum Gasteiger partial charge on any atom is 0.243 e. The van der Waals surface area contributed by atoms with E-state index in [1.54, 1.807) is 7.05 Å². The Morgan fingerprint density at radius 2 is 1.67 bits per heavy atom. The van der Waals surface area contributed by atoms with Crippen molar-refractivity contribution in [2.24, 2.45) is 4.99 Å². The zero-order chi connectivity index (χ0) is 17.0. The van der Waals surface area contributed by atoms with E-state index in [0.29, 0.717) is 19.1 Å². The van der Waals surface area contributed by atoms with Crippen molar-refractivity contribution in [2.75, 3.05) is 32.1 Å². The Morgan fingerprint density at radius 1 is 1.00 bits per heavy atom. The average molecular weight is 326 g/mol. The molecule has 0 aliphatic rings. The highest BCUT2D eigenvalue weighted by Crippen LogP contribution is 2.07. The number of anilines is 1. The van der Waals surface area contributed by atoms with Crippen LogP contribution in [0.2, 0.25) is 0 Å². The molecule has 0 unspecified atom stereocenters. The summed E-state index contributed by atoms with van der Waals surface area (Å²) in [6.45, 7) is 1.21. The number of carbonyl (C=O) groups is 1. The van der Waals surface area contributed by atoms with Crippen molar-refractivity contribution in [3.8, 4) is 5.75 Å². The van der Waals surface area contributed by atoms with Crippen molar-refractivity contribution in [3.05, 3.63) is 60.7 Å². The fourth-order valence-corrected chi connectivity index (χ4v) is 1.97. The second kappa shape index (κ2) is 9.89. The zero-order valence-electron chi connectivity index (χ0n) is 13.7. The van der Waals surface area contributed by atoms with E-state index in [0.717, 1.165) is 11.4 Å². The van der Waals surface area contributed by atoms with Crippen LogP contribution in [-0.4, -0.2) is 38.6 Å². The first-order valence-electron chi connectivity index (χ1n) is 7.75. The molecule has 2 rings (SSSR count). The van der Waals surface area contributed by atoms with Gasteiger partial charge in [-0.05, 0) is 24.3 Å². The maximum atomic E-state index is 11.9. The summed E-state index contributed by atoms with van der Waals surface area (Å²) in [5, 5.41) is 8.85. The first kappa shape index (κ1) is 17.3. The molecule has 1 amide bonds. The van der Waals surface area contributed by atoms with Crippen molar-refractivity contribution in [1.82, 2.24) is 10.6 Å². The molecule has 2 aromatic rings. The standard InChI is InChI=1S/C18H22N4O2/c1-19-18(20-12-13-24-16-10-6-3-7-11-16)21-14-17(23)22-15-8-4-2-5-9-15/h2-11H,12-14H2,1H3,(H,22,23)(H2,19,20,21). The van der Waals surface area contributed by atoms with Gasteiger partial charge in [0.05, 0.1) is 13.1 Å². The Balaban J connectivity index is 1.64. The first-order valence-corrected chi connectivity index (χ1v) is 7.75. The number of guanidine groups is 1. The third kappa shape index (κ3) is 6.39. The molecule has 0 bridgehead atoms. The van der Waals surface area contributed by atoms with Crippen molar-refractivity contribution in [1.29, 1.82) is 0 Å². The summed E-state index contributed by atoms with van der Waals surface area (Å²) in [5.74, 6) is 1.24. The number of para-hydroxylation sites is 2. The van der Waals surface area contributed by atoms with Crippen LogP contribution in [0.3, 0.4) is 0 Å². The van der Waals surface area contributed by atoms with Crippen LogP contribution in [0.15, 0.2) is 65.7 Å². The number of aliphatic imine (C=N–C) groups is 1. The smallest absolute Gasteiger partial charge is 0.243 e. The van der Waals surface area contributed by atoms with Crippen LogP contribution in [0.5, 0.6) is 5.75 Å². The molecule has 0 saturated carbocycles. The summed E-state index contributed by atoms with van der Waals surface area (Å²) in [6.07, 6.45) is 0. The van der Waals surface area contributed by atoms with E-state index in [9.17, 15) is 4.79 Å². The Bertz CT molecular complexity index is 645. The fourth-order valence-electron chi connectivity index (χ4n) is 1.97. The second-order valence-corrected chi connectivity index (χ2v) is 4.93.